The topological polar surface area (TPSA) is 126 Å². The molecule has 1 unspecified atom stereocenters. The number of benzene rings is 1. The first-order chi connectivity index (χ1) is 13.2. The van der Waals surface area contributed by atoms with Crippen LogP contribution in [0.3, 0.4) is 0 Å². The Kier molecular flexibility index (Phi) is 5.47. The lowest BCUT2D eigenvalue weighted by Gasteiger charge is -2.15. The Balaban J connectivity index is 1.79. The fraction of sp³-hybridized carbons (Fsp3) is 0.235. The van der Waals surface area contributed by atoms with Crippen molar-refractivity contribution in [1.82, 2.24) is 14.7 Å². The van der Waals surface area contributed by atoms with Gasteiger partial charge < -0.3 is 0 Å². The van der Waals surface area contributed by atoms with E-state index < -0.39 is 33.0 Å². The van der Waals surface area contributed by atoms with Gasteiger partial charge in [0.2, 0.25) is 17.7 Å². The number of carbonyl (C=O) groups is 3. The summed E-state index contributed by atoms with van der Waals surface area (Å²) in [5.74, 6) is -1.53. The Bertz CT molecular complexity index is 1050. The Labute approximate surface area is 165 Å². The van der Waals surface area contributed by atoms with Crippen LogP contribution in [0.1, 0.15) is 19.0 Å². The average molecular weight is 420 g/mol. The van der Waals surface area contributed by atoms with Crippen molar-refractivity contribution in [3.8, 4) is 0 Å². The normalized spacial score (nSPS) is 17.1. The van der Waals surface area contributed by atoms with Gasteiger partial charge in [-0.25, -0.2) is 28.0 Å². The number of thioether (sulfide) groups is 1. The van der Waals surface area contributed by atoms with Crippen LogP contribution in [0.2, 0.25) is 0 Å². The van der Waals surface area contributed by atoms with Gasteiger partial charge in [-0.05, 0) is 37.3 Å². The molecule has 146 valence electrons. The predicted molar refractivity (Wildman–Crippen MR) is 101 cm³/mol. The second kappa shape index (κ2) is 7.68. The van der Waals surface area contributed by atoms with Crippen LogP contribution in [0.4, 0.5) is 5.69 Å². The third kappa shape index (κ3) is 4.20. The summed E-state index contributed by atoms with van der Waals surface area (Å²) in [5.41, 5.74) is 1.01. The molecule has 0 radical (unpaired) electrons. The summed E-state index contributed by atoms with van der Waals surface area (Å²) < 4.78 is 25.8. The van der Waals surface area contributed by atoms with Crippen molar-refractivity contribution < 1.29 is 22.8 Å². The Morgan fingerprint density at radius 1 is 1.21 bits per heavy atom. The number of anilines is 1. The van der Waals surface area contributed by atoms with E-state index in [1.54, 1.807) is 19.2 Å². The van der Waals surface area contributed by atoms with Crippen LogP contribution in [0.25, 0.3) is 0 Å². The number of carbonyl (C=O) groups excluding carboxylic acids is 3. The molecule has 1 aromatic heterocycles. The quantitative estimate of drug-likeness (QED) is 0.561. The fourth-order valence-electron chi connectivity index (χ4n) is 2.60. The summed E-state index contributed by atoms with van der Waals surface area (Å²) in [5, 5.41) is -0.248. The van der Waals surface area contributed by atoms with Crippen molar-refractivity contribution in [3.63, 3.8) is 0 Å². The van der Waals surface area contributed by atoms with Crippen LogP contribution in [0.15, 0.2) is 46.6 Å². The lowest BCUT2D eigenvalue weighted by Crippen LogP contribution is -2.31. The zero-order chi connectivity index (χ0) is 20.5. The van der Waals surface area contributed by atoms with Crippen LogP contribution < -0.4 is 9.62 Å². The number of sulfonamides is 1. The minimum Gasteiger partial charge on any atom is -0.274 e. The number of rotatable bonds is 5. The summed E-state index contributed by atoms with van der Waals surface area (Å²) >= 11 is 1.11. The first-order valence-electron chi connectivity index (χ1n) is 8.14. The lowest BCUT2D eigenvalue weighted by atomic mass is 10.3. The van der Waals surface area contributed by atoms with Gasteiger partial charge in [-0.1, -0.05) is 11.8 Å². The molecule has 0 spiro atoms. The maximum atomic E-state index is 12.7. The van der Waals surface area contributed by atoms with E-state index in [1.165, 1.54) is 24.3 Å². The molecule has 1 N–H and O–H groups in total. The van der Waals surface area contributed by atoms with Crippen LogP contribution in [-0.4, -0.2) is 41.4 Å². The van der Waals surface area contributed by atoms with E-state index >= 15 is 0 Å². The molecule has 1 saturated heterocycles. The average Bonchev–Trinajstić information content (AvgIpc) is 2.87. The molecule has 3 rings (SSSR count). The molecular weight excluding hydrogens is 404 g/mol. The molecule has 0 saturated carbocycles. The minimum atomic E-state index is -3.99. The third-order valence-corrected chi connectivity index (χ3v) is 6.32. The highest BCUT2D eigenvalue weighted by Crippen LogP contribution is 2.32. The zero-order valence-corrected chi connectivity index (χ0v) is 16.6. The van der Waals surface area contributed by atoms with Crippen LogP contribution in [-0.2, 0) is 24.4 Å². The Hall–Kier alpha value is -2.79. The van der Waals surface area contributed by atoms with Crippen molar-refractivity contribution in [2.24, 2.45) is 0 Å². The van der Waals surface area contributed by atoms with Crippen molar-refractivity contribution in [3.05, 3.63) is 42.2 Å². The number of hydrogen-bond acceptors (Lipinski definition) is 8. The summed E-state index contributed by atoms with van der Waals surface area (Å²) in [6.07, 6.45) is 1.57. The number of nitrogens with zero attached hydrogens (tertiary/aromatic N) is 3. The van der Waals surface area contributed by atoms with Crippen LogP contribution in [0.5, 0.6) is 0 Å². The van der Waals surface area contributed by atoms with Crippen molar-refractivity contribution >= 4 is 45.2 Å². The molecule has 9 nitrogen and oxygen atoms in total. The van der Waals surface area contributed by atoms with Crippen molar-refractivity contribution in [2.75, 3.05) is 4.90 Å². The first-order valence-corrected chi connectivity index (χ1v) is 10.5. The third-order valence-electron chi connectivity index (χ3n) is 3.81. The maximum Gasteiger partial charge on any atom is 0.264 e. The number of aryl methyl sites for hydroxylation is 1. The van der Waals surface area contributed by atoms with E-state index in [9.17, 15) is 22.8 Å². The van der Waals surface area contributed by atoms with Gasteiger partial charge >= 0.3 is 0 Å². The molecule has 1 aliphatic heterocycles. The first kappa shape index (κ1) is 20.0. The number of amides is 3. The molecule has 2 heterocycles. The van der Waals surface area contributed by atoms with Gasteiger partial charge in [0.15, 0.2) is 5.16 Å². The van der Waals surface area contributed by atoms with Gasteiger partial charge in [0.25, 0.3) is 10.0 Å². The summed E-state index contributed by atoms with van der Waals surface area (Å²) in [6, 6.07) is 6.88. The SMILES string of the molecule is CC(=O)NS(=O)(=O)c1ccc(N2C(=O)CC(Sc3nccc(C)n3)C2=O)cc1. The molecule has 3 amide bonds. The molecule has 2 aromatic rings. The lowest BCUT2D eigenvalue weighted by molar-refractivity contribution is -0.121. The number of aromatic nitrogens is 2. The second-order valence-electron chi connectivity index (χ2n) is 6.01. The van der Waals surface area contributed by atoms with E-state index in [4.69, 9.17) is 0 Å². The van der Waals surface area contributed by atoms with E-state index in [0.29, 0.717) is 5.16 Å². The monoisotopic (exact) mass is 420 g/mol. The molecule has 0 bridgehead atoms. The molecule has 1 aromatic carbocycles. The van der Waals surface area contributed by atoms with Gasteiger partial charge in [-0.2, -0.15) is 0 Å². The highest BCUT2D eigenvalue weighted by Gasteiger charge is 2.40. The number of imide groups is 1. The highest BCUT2D eigenvalue weighted by atomic mass is 32.2. The molecule has 1 fully saturated rings. The Morgan fingerprint density at radius 3 is 2.50 bits per heavy atom. The van der Waals surface area contributed by atoms with Gasteiger partial charge in [0.05, 0.1) is 10.6 Å². The van der Waals surface area contributed by atoms with Gasteiger partial charge in [-0.3, -0.25) is 14.4 Å². The minimum absolute atomic E-state index is 0.00720. The van der Waals surface area contributed by atoms with Crippen molar-refractivity contribution in [1.29, 1.82) is 0 Å². The molecule has 1 atom stereocenters. The summed E-state index contributed by atoms with van der Waals surface area (Å²) in [6.45, 7) is 2.89. The molecule has 28 heavy (non-hydrogen) atoms. The fourth-order valence-corrected chi connectivity index (χ4v) is 4.60. The van der Waals surface area contributed by atoms with E-state index in [-0.39, 0.29) is 17.0 Å². The van der Waals surface area contributed by atoms with Gasteiger partial charge in [-0.15, -0.1) is 0 Å². The number of nitrogens with one attached hydrogen (secondary N) is 1. The van der Waals surface area contributed by atoms with E-state index in [1.807, 2.05) is 4.72 Å². The zero-order valence-electron chi connectivity index (χ0n) is 14.9. The van der Waals surface area contributed by atoms with Crippen LogP contribution in [0, 0.1) is 6.92 Å². The molecule has 1 aliphatic rings. The summed E-state index contributed by atoms with van der Waals surface area (Å²) in [7, 11) is -3.99. The highest BCUT2D eigenvalue weighted by molar-refractivity contribution is 8.00. The standard InChI is InChI=1S/C17H16N4O5S2/c1-10-7-8-18-17(19-10)27-14-9-15(23)21(16(14)24)12-3-5-13(6-4-12)28(25,26)20-11(2)22/h3-8,14H,9H2,1-2H3,(H,20,22). The van der Waals surface area contributed by atoms with E-state index in [0.717, 1.165) is 29.3 Å². The largest absolute Gasteiger partial charge is 0.274 e. The second-order valence-corrected chi connectivity index (χ2v) is 8.87. The van der Waals surface area contributed by atoms with E-state index in [2.05, 4.69) is 9.97 Å². The molecule has 11 heteroatoms. The van der Waals surface area contributed by atoms with Gasteiger partial charge in [0, 0.05) is 25.2 Å². The summed E-state index contributed by atoms with van der Waals surface area (Å²) in [4.78, 5) is 45.2. The number of hydrogen-bond donors (Lipinski definition) is 1. The van der Waals surface area contributed by atoms with Gasteiger partial charge in [0.1, 0.15) is 5.25 Å². The van der Waals surface area contributed by atoms with Crippen LogP contribution >= 0.6 is 11.8 Å². The smallest absolute Gasteiger partial charge is 0.264 e. The Morgan fingerprint density at radius 2 is 1.89 bits per heavy atom. The van der Waals surface area contributed by atoms with Crippen molar-refractivity contribution in [2.45, 2.75) is 35.6 Å². The molecular formula is C17H16N4O5S2. The maximum absolute atomic E-state index is 12.7. The molecule has 0 aliphatic carbocycles. The predicted octanol–water partition coefficient (Wildman–Crippen LogP) is 1.03.